The van der Waals surface area contributed by atoms with Gasteiger partial charge in [0, 0.05) is 56.3 Å². The molecule has 0 aliphatic carbocycles. The zero-order valence-corrected chi connectivity index (χ0v) is 21.1. The second-order valence-electron chi connectivity index (χ2n) is 9.34. The molecule has 1 fully saturated rings. The highest BCUT2D eigenvalue weighted by atomic mass is 32.2. The van der Waals surface area contributed by atoms with Crippen molar-refractivity contribution in [2.24, 2.45) is 0 Å². The molecule has 0 spiro atoms. The van der Waals surface area contributed by atoms with Gasteiger partial charge < -0.3 is 4.42 Å². The van der Waals surface area contributed by atoms with Crippen LogP contribution in [0.15, 0.2) is 50.5 Å². The lowest BCUT2D eigenvalue weighted by atomic mass is 9.95. The molecule has 186 valence electrons. The molecule has 4 rings (SSSR count). The maximum atomic E-state index is 13.2. The second kappa shape index (κ2) is 9.52. The molecule has 0 N–H and O–H groups in total. The van der Waals surface area contributed by atoms with Gasteiger partial charge in [-0.05, 0) is 54.2 Å². The summed E-state index contributed by atoms with van der Waals surface area (Å²) in [6, 6.07) is 9.39. The summed E-state index contributed by atoms with van der Waals surface area (Å²) in [4.78, 5) is 24.8. The Morgan fingerprint density at radius 3 is 2.34 bits per heavy atom. The zero-order valence-electron chi connectivity index (χ0n) is 20.3. The highest BCUT2D eigenvalue weighted by Crippen LogP contribution is 2.29. The van der Waals surface area contributed by atoms with Crippen molar-refractivity contribution >= 4 is 26.7 Å². The van der Waals surface area contributed by atoms with Crippen molar-refractivity contribution in [3.63, 3.8) is 0 Å². The van der Waals surface area contributed by atoms with Gasteiger partial charge in [-0.1, -0.05) is 19.9 Å². The van der Waals surface area contributed by atoms with E-state index in [1.165, 1.54) is 28.1 Å². The van der Waals surface area contributed by atoms with Crippen molar-refractivity contribution in [2.75, 3.05) is 26.2 Å². The highest BCUT2D eigenvalue weighted by Gasteiger charge is 2.31. The summed E-state index contributed by atoms with van der Waals surface area (Å²) in [5.74, 6) is 0.324. The number of non-ortho nitro benzene ring substituents is 1. The van der Waals surface area contributed by atoms with Crippen LogP contribution in [0, 0.1) is 24.0 Å². The van der Waals surface area contributed by atoms with Crippen LogP contribution in [-0.4, -0.2) is 48.7 Å². The molecular weight excluding hydrogens is 470 g/mol. The van der Waals surface area contributed by atoms with E-state index >= 15 is 0 Å². The third-order valence-corrected chi connectivity index (χ3v) is 8.61. The number of aryl methyl sites for hydroxylation is 2. The molecule has 0 unspecified atom stereocenters. The SMILES string of the molecule is Cc1cc2oc(=O)cc(CN3CCN(S(=O)(=O)c4cc([N+](=O)[O-])ccc4C)CC3)c2cc1C(C)C. The predicted octanol–water partition coefficient (Wildman–Crippen LogP) is 3.95. The quantitative estimate of drug-likeness (QED) is 0.287. The third-order valence-electron chi connectivity index (χ3n) is 6.56. The van der Waals surface area contributed by atoms with Gasteiger partial charge in [0.1, 0.15) is 5.58 Å². The van der Waals surface area contributed by atoms with Crippen LogP contribution in [0.3, 0.4) is 0 Å². The summed E-state index contributed by atoms with van der Waals surface area (Å²) in [5.41, 5.74) is 3.47. The molecule has 0 amide bonds. The molecule has 2 heterocycles. The van der Waals surface area contributed by atoms with Crippen LogP contribution in [-0.2, 0) is 16.6 Å². The summed E-state index contributed by atoms with van der Waals surface area (Å²) < 4.78 is 33.3. The van der Waals surface area contributed by atoms with Gasteiger partial charge in [-0.3, -0.25) is 15.0 Å². The van der Waals surface area contributed by atoms with Crippen molar-refractivity contribution < 1.29 is 17.8 Å². The van der Waals surface area contributed by atoms with E-state index < -0.39 is 20.6 Å². The minimum Gasteiger partial charge on any atom is -0.423 e. The first kappa shape index (κ1) is 25.0. The van der Waals surface area contributed by atoms with Gasteiger partial charge in [-0.25, -0.2) is 13.2 Å². The normalized spacial score (nSPS) is 15.7. The van der Waals surface area contributed by atoms with E-state index in [4.69, 9.17) is 4.42 Å². The first-order valence-electron chi connectivity index (χ1n) is 11.5. The summed E-state index contributed by atoms with van der Waals surface area (Å²) >= 11 is 0. The Morgan fingerprint density at radius 1 is 1.03 bits per heavy atom. The minimum absolute atomic E-state index is 0.0385. The lowest BCUT2D eigenvalue weighted by molar-refractivity contribution is -0.385. The Kier molecular flexibility index (Phi) is 6.81. The second-order valence-corrected chi connectivity index (χ2v) is 11.2. The van der Waals surface area contributed by atoms with E-state index in [1.54, 1.807) is 6.92 Å². The standard InChI is InChI=1S/C25H29N3O6S/c1-16(2)21-14-22-19(12-25(29)34-23(22)11-18(21)4)15-26-7-9-27(10-8-26)35(32,33)24-13-20(28(30)31)6-5-17(24)3/h5-6,11-14,16H,7-10,15H2,1-4H3. The number of hydrogen-bond acceptors (Lipinski definition) is 7. The van der Waals surface area contributed by atoms with Gasteiger partial charge in [-0.2, -0.15) is 4.31 Å². The van der Waals surface area contributed by atoms with E-state index in [9.17, 15) is 23.3 Å². The Hall–Kier alpha value is -3.08. The van der Waals surface area contributed by atoms with Crippen LogP contribution in [0.1, 0.15) is 42.0 Å². The average Bonchev–Trinajstić information content (AvgIpc) is 2.78. The van der Waals surface area contributed by atoms with E-state index in [0.29, 0.717) is 36.7 Å². The largest absolute Gasteiger partial charge is 0.423 e. The van der Waals surface area contributed by atoms with Crippen LogP contribution < -0.4 is 5.63 Å². The molecule has 10 heteroatoms. The molecule has 0 bridgehead atoms. The highest BCUT2D eigenvalue weighted by molar-refractivity contribution is 7.89. The van der Waals surface area contributed by atoms with Crippen molar-refractivity contribution in [1.29, 1.82) is 0 Å². The molecule has 0 atom stereocenters. The summed E-state index contributed by atoms with van der Waals surface area (Å²) in [7, 11) is -3.87. The van der Waals surface area contributed by atoms with E-state index in [1.807, 2.05) is 13.0 Å². The fourth-order valence-electron chi connectivity index (χ4n) is 4.63. The van der Waals surface area contributed by atoms with Crippen LogP contribution in [0.25, 0.3) is 11.0 Å². The molecule has 9 nitrogen and oxygen atoms in total. The molecule has 1 aromatic heterocycles. The number of nitro benzene ring substituents is 1. The van der Waals surface area contributed by atoms with Crippen molar-refractivity contribution in [3.05, 3.63) is 79.2 Å². The smallest absolute Gasteiger partial charge is 0.336 e. The molecule has 35 heavy (non-hydrogen) atoms. The number of hydrogen-bond donors (Lipinski definition) is 0. The zero-order chi connectivity index (χ0) is 25.5. The van der Waals surface area contributed by atoms with Gasteiger partial charge in [0.05, 0.1) is 9.82 Å². The molecule has 1 aliphatic rings. The molecule has 2 aromatic carbocycles. The monoisotopic (exact) mass is 499 g/mol. The molecule has 1 aliphatic heterocycles. The van der Waals surface area contributed by atoms with E-state index in [2.05, 4.69) is 24.8 Å². The Bertz CT molecular complexity index is 1450. The molecule has 1 saturated heterocycles. The Morgan fingerprint density at radius 2 is 1.71 bits per heavy atom. The molecular formula is C25H29N3O6S. The van der Waals surface area contributed by atoms with E-state index in [-0.39, 0.29) is 23.7 Å². The minimum atomic E-state index is -3.87. The lowest BCUT2D eigenvalue weighted by Gasteiger charge is -2.34. The summed E-state index contributed by atoms with van der Waals surface area (Å²) in [6.45, 7) is 9.81. The topological polar surface area (TPSA) is 114 Å². The number of sulfonamides is 1. The number of nitro groups is 1. The number of piperazine rings is 1. The van der Waals surface area contributed by atoms with Crippen LogP contribution in [0.2, 0.25) is 0 Å². The molecule has 0 radical (unpaired) electrons. The predicted molar refractivity (Wildman–Crippen MR) is 133 cm³/mol. The van der Waals surface area contributed by atoms with Crippen molar-refractivity contribution in [2.45, 2.75) is 45.1 Å². The lowest BCUT2D eigenvalue weighted by Crippen LogP contribution is -2.48. The first-order chi connectivity index (χ1) is 16.5. The van der Waals surface area contributed by atoms with Gasteiger partial charge in [-0.15, -0.1) is 0 Å². The number of benzene rings is 2. The maximum absolute atomic E-state index is 13.2. The number of rotatable bonds is 6. The molecule has 0 saturated carbocycles. The fraction of sp³-hybridized carbons (Fsp3) is 0.400. The van der Waals surface area contributed by atoms with Gasteiger partial charge in [0.2, 0.25) is 10.0 Å². The van der Waals surface area contributed by atoms with Crippen LogP contribution in [0.4, 0.5) is 5.69 Å². The summed E-state index contributed by atoms with van der Waals surface area (Å²) in [5, 5.41) is 12.0. The van der Waals surface area contributed by atoms with E-state index in [0.717, 1.165) is 22.6 Å². The average molecular weight is 500 g/mol. The van der Waals surface area contributed by atoms with Gasteiger partial charge in [0.15, 0.2) is 0 Å². The van der Waals surface area contributed by atoms with Crippen LogP contribution >= 0.6 is 0 Å². The third kappa shape index (κ3) is 5.00. The summed E-state index contributed by atoms with van der Waals surface area (Å²) in [6.07, 6.45) is 0. The van der Waals surface area contributed by atoms with Crippen LogP contribution in [0.5, 0.6) is 0 Å². The fourth-order valence-corrected chi connectivity index (χ4v) is 6.30. The van der Waals surface area contributed by atoms with Gasteiger partial charge >= 0.3 is 5.63 Å². The van der Waals surface area contributed by atoms with Crippen molar-refractivity contribution in [1.82, 2.24) is 9.21 Å². The molecule has 3 aromatic rings. The Labute approximate surface area is 204 Å². The Balaban J connectivity index is 1.55. The first-order valence-corrected chi connectivity index (χ1v) is 13.0. The number of nitrogens with zero attached hydrogens (tertiary/aromatic N) is 3. The van der Waals surface area contributed by atoms with Gasteiger partial charge in [0.25, 0.3) is 5.69 Å². The van der Waals surface area contributed by atoms with Crippen molar-refractivity contribution in [3.8, 4) is 0 Å². The number of fused-ring (bicyclic) bond motifs is 1. The maximum Gasteiger partial charge on any atom is 0.336 e.